The van der Waals surface area contributed by atoms with E-state index in [4.69, 9.17) is 5.73 Å². The van der Waals surface area contributed by atoms with Gasteiger partial charge in [-0.25, -0.2) is 0 Å². The molecule has 1 aliphatic heterocycles. The molecule has 0 aromatic heterocycles. The van der Waals surface area contributed by atoms with Crippen LogP contribution in [-0.2, 0) is 4.79 Å². The lowest BCUT2D eigenvalue weighted by atomic mass is 9.68. The molecule has 0 spiro atoms. The summed E-state index contributed by atoms with van der Waals surface area (Å²) in [4.78, 5) is 25.5. The molecular weight excluding hydrogens is 477 g/mol. The number of ether oxygens (including phenoxy) is 1. The number of non-ortho nitro benzene ring substituents is 1. The lowest BCUT2D eigenvalue weighted by Crippen LogP contribution is -2.42. The van der Waals surface area contributed by atoms with Crippen LogP contribution in [0.15, 0.2) is 71.2 Å². The summed E-state index contributed by atoms with van der Waals surface area (Å²) in [6, 6.07) is 12.6. The summed E-state index contributed by atoms with van der Waals surface area (Å²) in [5.41, 5.74) is 7.66. The van der Waals surface area contributed by atoms with Gasteiger partial charge in [0.1, 0.15) is 11.6 Å². The number of nitro benzene ring substituents is 1. The number of allylic oxidation sites excluding steroid dienone is 3. The van der Waals surface area contributed by atoms with Crippen molar-refractivity contribution in [1.29, 1.82) is 5.26 Å². The zero-order chi connectivity index (χ0) is 26.4. The summed E-state index contributed by atoms with van der Waals surface area (Å²) in [5, 5.41) is 21.1. The van der Waals surface area contributed by atoms with Gasteiger partial charge in [0.25, 0.3) is 5.69 Å². The Morgan fingerprint density at radius 1 is 1.14 bits per heavy atom. The average molecular weight is 498 g/mol. The number of nitrogens with zero attached hydrogens (tertiary/aromatic N) is 3. The summed E-state index contributed by atoms with van der Waals surface area (Å²) in [7, 11) is 0. The highest BCUT2D eigenvalue weighted by Gasteiger charge is 2.44. The Bertz CT molecular complexity index is 1340. The van der Waals surface area contributed by atoms with E-state index in [9.17, 15) is 33.3 Å². The number of nitriles is 1. The van der Waals surface area contributed by atoms with Gasteiger partial charge in [0.15, 0.2) is 5.78 Å². The number of alkyl halides is 3. The molecular formula is C25H21F3N4O4. The molecule has 0 radical (unpaired) electrons. The third-order valence-electron chi connectivity index (χ3n) is 6.15. The molecule has 11 heteroatoms. The molecule has 1 unspecified atom stereocenters. The maximum absolute atomic E-state index is 13.4. The summed E-state index contributed by atoms with van der Waals surface area (Å²) in [5.74, 6) is -1.44. The number of hydrogen-bond donors (Lipinski definition) is 1. The van der Waals surface area contributed by atoms with E-state index in [1.165, 1.54) is 41.3 Å². The van der Waals surface area contributed by atoms with Crippen LogP contribution in [0.4, 0.5) is 24.5 Å². The molecule has 2 N–H and O–H groups in total. The zero-order valence-corrected chi connectivity index (χ0v) is 19.3. The first-order chi connectivity index (χ1) is 16.8. The van der Waals surface area contributed by atoms with Crippen LogP contribution in [0.25, 0.3) is 0 Å². The van der Waals surface area contributed by atoms with Crippen LogP contribution in [0, 0.1) is 26.9 Å². The highest BCUT2D eigenvalue weighted by molar-refractivity contribution is 6.01. The van der Waals surface area contributed by atoms with Crippen molar-refractivity contribution in [2.45, 2.75) is 39.0 Å². The van der Waals surface area contributed by atoms with E-state index in [-0.39, 0.29) is 29.3 Å². The molecule has 1 aliphatic carbocycles. The Morgan fingerprint density at radius 2 is 1.75 bits per heavy atom. The van der Waals surface area contributed by atoms with Crippen LogP contribution in [-0.4, -0.2) is 17.1 Å². The number of anilines is 1. The van der Waals surface area contributed by atoms with Crippen molar-refractivity contribution in [3.63, 3.8) is 0 Å². The predicted octanol–water partition coefficient (Wildman–Crippen LogP) is 5.43. The van der Waals surface area contributed by atoms with Gasteiger partial charge in [-0.1, -0.05) is 26.0 Å². The van der Waals surface area contributed by atoms with Gasteiger partial charge in [0, 0.05) is 35.5 Å². The Hall–Kier alpha value is -4.33. The second-order valence-corrected chi connectivity index (χ2v) is 9.37. The Kier molecular flexibility index (Phi) is 6.00. The van der Waals surface area contributed by atoms with E-state index in [1.807, 2.05) is 13.8 Å². The normalized spacial score (nSPS) is 19.6. The van der Waals surface area contributed by atoms with Crippen LogP contribution in [0.3, 0.4) is 0 Å². The standard InChI is InChI=1S/C25H21F3N4O4/c1-24(2)11-19-22(20(33)12-24)21(14-3-5-16(6-4-14)32(34)35)18(13-29)23(30)31(19)15-7-9-17(10-8-15)36-25(26,27)28/h3-10,21H,11-12,30H2,1-2H3. The number of halogens is 3. The molecule has 2 aliphatic rings. The third kappa shape index (κ3) is 4.62. The fraction of sp³-hybridized carbons (Fsp3) is 0.280. The van der Waals surface area contributed by atoms with Crippen LogP contribution < -0.4 is 15.4 Å². The summed E-state index contributed by atoms with van der Waals surface area (Å²) in [6.45, 7) is 3.82. The number of carbonyl (C=O) groups excluding carboxylic acids is 1. The quantitative estimate of drug-likeness (QED) is 0.440. The second kappa shape index (κ2) is 8.71. The molecule has 1 atom stereocenters. The molecule has 2 aromatic rings. The van der Waals surface area contributed by atoms with Gasteiger partial charge in [-0.3, -0.25) is 19.8 Å². The molecule has 186 valence electrons. The van der Waals surface area contributed by atoms with Gasteiger partial charge in [0.05, 0.1) is 22.5 Å². The summed E-state index contributed by atoms with van der Waals surface area (Å²) >= 11 is 0. The molecule has 0 saturated carbocycles. The van der Waals surface area contributed by atoms with Crippen LogP contribution in [0.5, 0.6) is 5.75 Å². The molecule has 1 heterocycles. The van der Waals surface area contributed by atoms with Gasteiger partial charge in [-0.2, -0.15) is 5.26 Å². The van der Waals surface area contributed by atoms with Crippen LogP contribution >= 0.6 is 0 Å². The number of carbonyl (C=O) groups is 1. The highest BCUT2D eigenvalue weighted by atomic mass is 19.4. The van der Waals surface area contributed by atoms with Gasteiger partial charge in [-0.05, 0) is 41.7 Å². The van der Waals surface area contributed by atoms with E-state index in [1.54, 1.807) is 0 Å². The molecule has 8 nitrogen and oxygen atoms in total. The number of rotatable bonds is 4. The fourth-order valence-electron chi connectivity index (χ4n) is 4.72. The second-order valence-electron chi connectivity index (χ2n) is 9.37. The summed E-state index contributed by atoms with van der Waals surface area (Å²) in [6.07, 6.45) is -4.25. The van der Waals surface area contributed by atoms with E-state index in [0.717, 1.165) is 12.1 Å². The monoisotopic (exact) mass is 498 g/mol. The molecule has 0 fully saturated rings. The minimum absolute atomic E-state index is 0.0228. The summed E-state index contributed by atoms with van der Waals surface area (Å²) < 4.78 is 41.7. The Balaban J connectivity index is 1.88. The van der Waals surface area contributed by atoms with Crippen molar-refractivity contribution in [2.75, 3.05) is 4.90 Å². The largest absolute Gasteiger partial charge is 0.573 e. The average Bonchev–Trinajstić information content (AvgIpc) is 2.77. The first-order valence-electron chi connectivity index (χ1n) is 10.9. The smallest absolute Gasteiger partial charge is 0.406 e. The lowest BCUT2D eigenvalue weighted by Gasteiger charge is -2.43. The van der Waals surface area contributed by atoms with Gasteiger partial charge in [-0.15, -0.1) is 13.2 Å². The molecule has 0 amide bonds. The van der Waals surface area contributed by atoms with E-state index in [0.29, 0.717) is 28.9 Å². The van der Waals surface area contributed by atoms with Crippen molar-refractivity contribution in [2.24, 2.45) is 11.1 Å². The molecule has 4 rings (SSSR count). The maximum Gasteiger partial charge on any atom is 0.573 e. The minimum Gasteiger partial charge on any atom is -0.406 e. The number of benzene rings is 2. The molecule has 0 bridgehead atoms. The molecule has 0 saturated heterocycles. The van der Waals surface area contributed by atoms with Crippen molar-refractivity contribution in [1.82, 2.24) is 0 Å². The number of hydrogen-bond acceptors (Lipinski definition) is 7. The van der Waals surface area contributed by atoms with E-state index >= 15 is 0 Å². The van der Waals surface area contributed by atoms with Gasteiger partial charge in [0.2, 0.25) is 0 Å². The minimum atomic E-state index is -4.85. The first kappa shape index (κ1) is 24.8. The fourth-order valence-corrected chi connectivity index (χ4v) is 4.72. The number of Topliss-reactive ketones (excluding diaryl/α,β-unsaturated/α-hetero) is 1. The SMILES string of the molecule is CC1(C)CC(=O)C2=C(C1)N(c1ccc(OC(F)(F)F)cc1)C(N)=C(C#N)C2c1ccc([N+](=O)[O-])cc1. The topological polar surface area (TPSA) is 122 Å². The zero-order valence-electron chi connectivity index (χ0n) is 19.3. The van der Waals surface area contributed by atoms with Crippen molar-refractivity contribution < 1.29 is 27.6 Å². The van der Waals surface area contributed by atoms with Crippen molar-refractivity contribution in [3.8, 4) is 11.8 Å². The molecule has 2 aromatic carbocycles. The Morgan fingerprint density at radius 3 is 2.28 bits per heavy atom. The first-order valence-corrected chi connectivity index (χ1v) is 10.9. The molecule has 36 heavy (non-hydrogen) atoms. The number of nitrogens with two attached hydrogens (primary N) is 1. The van der Waals surface area contributed by atoms with Gasteiger partial charge < -0.3 is 10.5 Å². The van der Waals surface area contributed by atoms with Gasteiger partial charge >= 0.3 is 6.36 Å². The maximum atomic E-state index is 13.4. The lowest BCUT2D eigenvalue weighted by molar-refractivity contribution is -0.384. The predicted molar refractivity (Wildman–Crippen MR) is 123 cm³/mol. The van der Waals surface area contributed by atoms with Crippen molar-refractivity contribution in [3.05, 3.63) is 86.9 Å². The van der Waals surface area contributed by atoms with Crippen LogP contribution in [0.2, 0.25) is 0 Å². The highest BCUT2D eigenvalue weighted by Crippen LogP contribution is 2.50. The van der Waals surface area contributed by atoms with Crippen LogP contribution in [0.1, 0.15) is 38.2 Å². The number of nitro groups is 1. The van der Waals surface area contributed by atoms with E-state index in [2.05, 4.69) is 10.8 Å². The third-order valence-corrected chi connectivity index (χ3v) is 6.15. The Labute approximate surface area is 204 Å². The number of ketones is 1. The van der Waals surface area contributed by atoms with E-state index < -0.39 is 28.4 Å². The van der Waals surface area contributed by atoms with Crippen molar-refractivity contribution >= 4 is 17.2 Å².